The van der Waals surface area contributed by atoms with Crippen molar-refractivity contribution in [2.24, 2.45) is 0 Å². The number of anilines is 1. The van der Waals surface area contributed by atoms with E-state index in [2.05, 4.69) is 25.2 Å². The molecule has 0 radical (unpaired) electrons. The van der Waals surface area contributed by atoms with Gasteiger partial charge >= 0.3 is 0 Å². The van der Waals surface area contributed by atoms with Crippen LogP contribution >= 0.6 is 0 Å². The molecule has 1 saturated heterocycles. The topological polar surface area (TPSA) is 117 Å². The standard InChI is InChI=1S/C26H30N8O3S/c1-4-33(5-2)38(36,37)22-12-8-20(9-13-22)26(35)32-16-14-31(15-17-32)24-23-25(28-18-27-24)34(30-29-23)21-10-6-19(3)7-11-21/h6-13,18H,4-5,14-17H2,1-3H3. The number of amides is 1. The molecule has 38 heavy (non-hydrogen) atoms. The fraction of sp³-hybridized carbons (Fsp3) is 0.346. The largest absolute Gasteiger partial charge is 0.351 e. The lowest BCUT2D eigenvalue weighted by Gasteiger charge is -2.35. The molecule has 5 rings (SSSR count). The molecule has 198 valence electrons. The number of nitrogens with zero attached hydrogens (tertiary/aromatic N) is 8. The first-order valence-electron chi connectivity index (χ1n) is 12.6. The maximum atomic E-state index is 13.1. The lowest BCUT2D eigenvalue weighted by molar-refractivity contribution is 0.0746. The van der Waals surface area contributed by atoms with Crippen molar-refractivity contribution < 1.29 is 13.2 Å². The van der Waals surface area contributed by atoms with E-state index < -0.39 is 10.0 Å². The molecule has 11 nitrogen and oxygen atoms in total. The number of aromatic nitrogens is 5. The molecule has 2 aromatic heterocycles. The van der Waals surface area contributed by atoms with Crippen LogP contribution in [-0.4, -0.2) is 87.8 Å². The summed E-state index contributed by atoms with van der Waals surface area (Å²) in [5.74, 6) is 0.556. The van der Waals surface area contributed by atoms with Crippen molar-refractivity contribution in [1.82, 2.24) is 34.2 Å². The average molecular weight is 535 g/mol. The van der Waals surface area contributed by atoms with Gasteiger partial charge in [0.2, 0.25) is 10.0 Å². The minimum absolute atomic E-state index is 0.130. The first kappa shape index (κ1) is 25.7. The zero-order valence-electron chi connectivity index (χ0n) is 21.6. The molecule has 0 atom stereocenters. The first-order chi connectivity index (χ1) is 18.3. The van der Waals surface area contributed by atoms with Crippen LogP contribution in [0, 0.1) is 6.92 Å². The highest BCUT2D eigenvalue weighted by Crippen LogP contribution is 2.24. The summed E-state index contributed by atoms with van der Waals surface area (Å²) < 4.78 is 28.6. The van der Waals surface area contributed by atoms with Gasteiger partial charge in [-0.25, -0.2) is 18.4 Å². The SMILES string of the molecule is CCN(CC)S(=O)(=O)c1ccc(C(=O)N2CCN(c3ncnc4c3nnn4-c3ccc(C)cc3)CC2)cc1. The van der Waals surface area contributed by atoms with Gasteiger partial charge in [-0.15, -0.1) is 5.10 Å². The highest BCUT2D eigenvalue weighted by Gasteiger charge is 2.27. The third-order valence-electron chi connectivity index (χ3n) is 6.81. The van der Waals surface area contributed by atoms with Crippen LogP contribution in [0.25, 0.3) is 16.9 Å². The highest BCUT2D eigenvalue weighted by atomic mass is 32.2. The molecule has 0 unspecified atom stereocenters. The number of benzene rings is 2. The molecule has 2 aromatic carbocycles. The maximum Gasteiger partial charge on any atom is 0.253 e. The third kappa shape index (κ3) is 4.72. The maximum absolute atomic E-state index is 13.1. The van der Waals surface area contributed by atoms with Crippen molar-refractivity contribution in [3.05, 3.63) is 66.0 Å². The van der Waals surface area contributed by atoms with E-state index in [0.717, 1.165) is 11.3 Å². The van der Waals surface area contributed by atoms with Crippen LogP contribution in [0.5, 0.6) is 0 Å². The van der Waals surface area contributed by atoms with Gasteiger partial charge in [-0.05, 0) is 43.3 Å². The van der Waals surface area contributed by atoms with E-state index in [9.17, 15) is 13.2 Å². The fourth-order valence-corrected chi connectivity index (χ4v) is 6.07. The summed E-state index contributed by atoms with van der Waals surface area (Å²) in [6.45, 7) is 8.56. The number of fused-ring (bicyclic) bond motifs is 1. The molecule has 3 heterocycles. The van der Waals surface area contributed by atoms with Crippen LogP contribution < -0.4 is 4.90 Å². The third-order valence-corrected chi connectivity index (χ3v) is 8.87. The number of sulfonamides is 1. The van der Waals surface area contributed by atoms with Crippen LogP contribution in [0.15, 0.2) is 59.8 Å². The minimum atomic E-state index is -3.57. The van der Waals surface area contributed by atoms with E-state index in [0.29, 0.717) is 61.8 Å². The van der Waals surface area contributed by atoms with Gasteiger partial charge in [-0.2, -0.15) is 8.99 Å². The quantitative estimate of drug-likeness (QED) is 0.355. The van der Waals surface area contributed by atoms with Gasteiger partial charge in [0.25, 0.3) is 5.91 Å². The van der Waals surface area contributed by atoms with Gasteiger partial charge < -0.3 is 9.80 Å². The van der Waals surface area contributed by atoms with Gasteiger partial charge in [0.15, 0.2) is 17.0 Å². The Morgan fingerprint density at radius 1 is 0.921 bits per heavy atom. The molecule has 0 saturated carbocycles. The van der Waals surface area contributed by atoms with Gasteiger partial charge in [-0.3, -0.25) is 4.79 Å². The van der Waals surface area contributed by atoms with Crippen LogP contribution in [0.2, 0.25) is 0 Å². The molecule has 0 N–H and O–H groups in total. The summed E-state index contributed by atoms with van der Waals surface area (Å²) in [6, 6.07) is 14.2. The molecule has 0 aliphatic carbocycles. The van der Waals surface area contributed by atoms with Crippen molar-refractivity contribution in [1.29, 1.82) is 0 Å². The average Bonchev–Trinajstić information content (AvgIpc) is 3.38. The smallest absolute Gasteiger partial charge is 0.253 e. The lowest BCUT2D eigenvalue weighted by atomic mass is 10.2. The van der Waals surface area contributed by atoms with Crippen LogP contribution in [0.4, 0.5) is 5.82 Å². The summed E-state index contributed by atoms with van der Waals surface area (Å²) in [7, 11) is -3.57. The Morgan fingerprint density at radius 3 is 2.21 bits per heavy atom. The van der Waals surface area contributed by atoms with E-state index in [4.69, 9.17) is 0 Å². The first-order valence-corrected chi connectivity index (χ1v) is 14.1. The Labute approximate surface area is 221 Å². The fourth-order valence-electron chi connectivity index (χ4n) is 4.61. The summed E-state index contributed by atoms with van der Waals surface area (Å²) in [6.07, 6.45) is 1.51. The highest BCUT2D eigenvalue weighted by molar-refractivity contribution is 7.89. The molecule has 1 amide bonds. The molecular formula is C26H30N8O3S. The zero-order valence-corrected chi connectivity index (χ0v) is 22.5. The van der Waals surface area contributed by atoms with Crippen LogP contribution in [0.3, 0.4) is 0 Å². The monoisotopic (exact) mass is 534 g/mol. The Morgan fingerprint density at radius 2 is 1.58 bits per heavy atom. The van der Waals surface area contributed by atoms with E-state index >= 15 is 0 Å². The van der Waals surface area contributed by atoms with Crippen molar-refractivity contribution in [3.8, 4) is 5.69 Å². The van der Waals surface area contributed by atoms with Crippen molar-refractivity contribution in [3.63, 3.8) is 0 Å². The van der Waals surface area contributed by atoms with Crippen LogP contribution in [0.1, 0.15) is 29.8 Å². The van der Waals surface area contributed by atoms with Crippen molar-refractivity contribution in [2.45, 2.75) is 25.7 Å². The number of hydrogen-bond donors (Lipinski definition) is 0. The number of carbonyl (C=O) groups excluding carboxylic acids is 1. The predicted molar refractivity (Wildman–Crippen MR) is 144 cm³/mol. The second-order valence-electron chi connectivity index (χ2n) is 9.10. The number of carbonyl (C=O) groups is 1. The normalized spacial score (nSPS) is 14.4. The van der Waals surface area contributed by atoms with E-state index in [-0.39, 0.29) is 10.8 Å². The second kappa shape index (κ2) is 10.5. The molecule has 4 aromatic rings. The van der Waals surface area contributed by atoms with Crippen molar-refractivity contribution >= 4 is 32.9 Å². The summed E-state index contributed by atoms with van der Waals surface area (Å²) in [4.78, 5) is 26.1. The van der Waals surface area contributed by atoms with E-state index in [1.807, 2.05) is 31.2 Å². The molecular weight excluding hydrogens is 504 g/mol. The van der Waals surface area contributed by atoms with Crippen LogP contribution in [-0.2, 0) is 10.0 Å². The van der Waals surface area contributed by atoms with Crippen molar-refractivity contribution in [2.75, 3.05) is 44.2 Å². The number of aryl methyl sites for hydroxylation is 1. The number of piperazine rings is 1. The molecule has 12 heteroatoms. The predicted octanol–water partition coefficient (Wildman–Crippen LogP) is 2.51. The Hall–Kier alpha value is -3.90. The summed E-state index contributed by atoms with van der Waals surface area (Å²) in [5, 5.41) is 8.67. The summed E-state index contributed by atoms with van der Waals surface area (Å²) in [5.41, 5.74) is 3.72. The Kier molecular flexibility index (Phi) is 7.09. The van der Waals surface area contributed by atoms with E-state index in [1.165, 1.54) is 22.8 Å². The Balaban J connectivity index is 1.29. The van der Waals surface area contributed by atoms with Gasteiger partial charge in [0.05, 0.1) is 10.6 Å². The Bertz CT molecular complexity index is 1540. The molecule has 1 aliphatic heterocycles. The van der Waals surface area contributed by atoms with Gasteiger partial charge in [-0.1, -0.05) is 36.8 Å². The molecule has 1 fully saturated rings. The number of hydrogen-bond acceptors (Lipinski definition) is 8. The van der Waals surface area contributed by atoms with Gasteiger partial charge in [0, 0.05) is 44.8 Å². The lowest BCUT2D eigenvalue weighted by Crippen LogP contribution is -2.49. The zero-order chi connectivity index (χ0) is 26.9. The molecule has 0 spiro atoms. The van der Waals surface area contributed by atoms with Gasteiger partial charge in [0.1, 0.15) is 6.33 Å². The minimum Gasteiger partial charge on any atom is -0.351 e. The number of rotatable bonds is 7. The molecule has 1 aliphatic rings. The molecule has 0 bridgehead atoms. The summed E-state index contributed by atoms with van der Waals surface area (Å²) >= 11 is 0. The second-order valence-corrected chi connectivity index (χ2v) is 11.0. The van der Waals surface area contributed by atoms with E-state index in [1.54, 1.807) is 35.6 Å².